The second-order valence-electron chi connectivity index (χ2n) is 3.26. The van der Waals surface area contributed by atoms with Crippen LogP contribution in [0.15, 0.2) is 11.2 Å². The summed E-state index contributed by atoms with van der Waals surface area (Å²) in [6.45, 7) is 3.13. The summed E-state index contributed by atoms with van der Waals surface area (Å²) in [4.78, 5) is 18.9. The van der Waals surface area contributed by atoms with Gasteiger partial charge in [0, 0.05) is 5.69 Å². The number of aromatic nitrogens is 2. The molecule has 0 spiro atoms. The zero-order valence-corrected chi connectivity index (χ0v) is 8.95. The van der Waals surface area contributed by atoms with Crippen molar-refractivity contribution in [1.29, 1.82) is 0 Å². The number of aryl methyl sites for hydroxylation is 1. The number of aromatic carboxylic acids is 1. The van der Waals surface area contributed by atoms with Crippen LogP contribution >= 0.6 is 11.8 Å². The normalized spacial score (nSPS) is 16.1. The van der Waals surface area contributed by atoms with E-state index in [0.29, 0.717) is 29.3 Å². The van der Waals surface area contributed by atoms with E-state index in [-0.39, 0.29) is 5.69 Å². The number of nitrogens with zero attached hydrogens (tertiary/aromatic N) is 2. The predicted octanol–water partition coefficient (Wildman–Crippen LogP) is 0.974. The van der Waals surface area contributed by atoms with Gasteiger partial charge in [0.25, 0.3) is 0 Å². The topological polar surface area (TPSA) is 72.3 Å². The van der Waals surface area contributed by atoms with Crippen molar-refractivity contribution in [2.45, 2.75) is 17.3 Å². The molecule has 2 heterocycles. The lowest BCUT2D eigenvalue weighted by Gasteiger charge is -2.24. The van der Waals surface area contributed by atoms with E-state index >= 15 is 0 Å². The Morgan fingerprint density at radius 3 is 2.87 bits per heavy atom. The smallest absolute Gasteiger partial charge is 0.354 e. The lowest BCUT2D eigenvalue weighted by molar-refractivity contribution is 0.0454. The summed E-state index contributed by atoms with van der Waals surface area (Å²) in [5, 5.41) is 9.68. The van der Waals surface area contributed by atoms with Gasteiger partial charge in [-0.1, -0.05) is 11.8 Å². The highest BCUT2D eigenvalue weighted by Gasteiger charge is 2.21. The molecule has 0 aliphatic carbocycles. The van der Waals surface area contributed by atoms with Gasteiger partial charge in [-0.25, -0.2) is 14.8 Å². The summed E-state index contributed by atoms with van der Waals surface area (Å²) in [5.74, 6) is -1.02. The molecule has 1 aliphatic rings. The summed E-state index contributed by atoms with van der Waals surface area (Å²) in [6.07, 6.45) is 0. The number of hydrogen-bond donors (Lipinski definition) is 1. The van der Waals surface area contributed by atoms with E-state index in [1.54, 1.807) is 6.92 Å². The van der Waals surface area contributed by atoms with E-state index in [4.69, 9.17) is 9.84 Å². The molecule has 0 atom stereocenters. The maximum atomic E-state index is 10.8. The van der Waals surface area contributed by atoms with Crippen LogP contribution in [0.5, 0.6) is 0 Å². The maximum absolute atomic E-state index is 10.8. The van der Waals surface area contributed by atoms with Crippen molar-refractivity contribution in [2.75, 3.05) is 13.2 Å². The first-order chi connectivity index (χ1) is 7.15. The summed E-state index contributed by atoms with van der Waals surface area (Å²) in [7, 11) is 0. The standard InChI is InChI=1S/C9H10N2O3S/c1-5-2-7(8(12)13)11-9(10-5)15-6-3-14-4-6/h2,6H,3-4H2,1H3,(H,12,13). The molecule has 0 bridgehead atoms. The van der Waals surface area contributed by atoms with E-state index < -0.39 is 5.97 Å². The molecule has 2 rings (SSSR count). The van der Waals surface area contributed by atoms with Gasteiger partial charge >= 0.3 is 5.97 Å². The Labute approximate surface area is 90.9 Å². The minimum absolute atomic E-state index is 0.0465. The molecule has 6 heteroatoms. The van der Waals surface area contributed by atoms with Gasteiger partial charge in [0.2, 0.25) is 0 Å². The molecule has 1 N–H and O–H groups in total. The van der Waals surface area contributed by atoms with Crippen molar-refractivity contribution in [3.63, 3.8) is 0 Å². The van der Waals surface area contributed by atoms with Crippen LogP contribution in [0.3, 0.4) is 0 Å². The average molecular weight is 226 g/mol. The number of ether oxygens (including phenoxy) is 1. The third kappa shape index (κ3) is 2.45. The molecule has 0 unspecified atom stereocenters. The van der Waals surface area contributed by atoms with Crippen LogP contribution in [0, 0.1) is 6.92 Å². The molecule has 1 fully saturated rings. The number of hydrogen-bond acceptors (Lipinski definition) is 5. The average Bonchev–Trinajstić information content (AvgIpc) is 2.10. The molecule has 1 aliphatic heterocycles. The van der Waals surface area contributed by atoms with Crippen LogP contribution in [0.4, 0.5) is 0 Å². The second-order valence-corrected chi connectivity index (χ2v) is 4.53. The van der Waals surface area contributed by atoms with Crippen molar-refractivity contribution in [1.82, 2.24) is 9.97 Å². The van der Waals surface area contributed by atoms with Gasteiger partial charge in [-0.3, -0.25) is 0 Å². The Morgan fingerprint density at radius 1 is 1.60 bits per heavy atom. The molecule has 0 aromatic carbocycles. The highest BCUT2D eigenvalue weighted by Crippen LogP contribution is 2.25. The minimum Gasteiger partial charge on any atom is -0.477 e. The molecule has 1 aromatic rings. The Balaban J connectivity index is 2.18. The molecule has 1 saturated heterocycles. The highest BCUT2D eigenvalue weighted by molar-refractivity contribution is 7.99. The lowest BCUT2D eigenvalue weighted by atomic mass is 10.3. The first-order valence-corrected chi connectivity index (χ1v) is 5.36. The van der Waals surface area contributed by atoms with E-state index in [2.05, 4.69) is 9.97 Å². The molecule has 0 radical (unpaired) electrons. The fraction of sp³-hybridized carbons (Fsp3) is 0.444. The van der Waals surface area contributed by atoms with E-state index in [9.17, 15) is 4.79 Å². The van der Waals surface area contributed by atoms with Gasteiger partial charge in [-0.05, 0) is 13.0 Å². The number of carboxylic acid groups (broad SMARTS) is 1. The highest BCUT2D eigenvalue weighted by atomic mass is 32.2. The zero-order valence-electron chi connectivity index (χ0n) is 8.14. The number of carbonyl (C=O) groups is 1. The van der Waals surface area contributed by atoms with E-state index in [1.165, 1.54) is 17.8 Å². The van der Waals surface area contributed by atoms with Crippen molar-refractivity contribution in [3.05, 3.63) is 17.5 Å². The minimum atomic E-state index is -1.02. The number of rotatable bonds is 3. The van der Waals surface area contributed by atoms with Crippen molar-refractivity contribution >= 4 is 17.7 Å². The zero-order chi connectivity index (χ0) is 10.8. The van der Waals surface area contributed by atoms with Crippen LogP contribution in [-0.4, -0.2) is 39.5 Å². The van der Waals surface area contributed by atoms with E-state index in [1.807, 2.05) is 0 Å². The van der Waals surface area contributed by atoms with Gasteiger partial charge in [0.05, 0.1) is 18.5 Å². The molecule has 5 nitrogen and oxygen atoms in total. The lowest BCUT2D eigenvalue weighted by Crippen LogP contribution is -2.30. The summed E-state index contributed by atoms with van der Waals surface area (Å²) >= 11 is 1.47. The second kappa shape index (κ2) is 4.16. The van der Waals surface area contributed by atoms with Crippen molar-refractivity contribution < 1.29 is 14.6 Å². The molecule has 1 aromatic heterocycles. The van der Waals surface area contributed by atoms with Crippen LogP contribution < -0.4 is 0 Å². The molecular formula is C9H10N2O3S. The van der Waals surface area contributed by atoms with Crippen LogP contribution in [0.2, 0.25) is 0 Å². The molecule has 0 saturated carbocycles. The first-order valence-electron chi connectivity index (χ1n) is 4.48. The van der Waals surface area contributed by atoms with Gasteiger partial charge in [0.1, 0.15) is 0 Å². The third-order valence-electron chi connectivity index (χ3n) is 1.93. The van der Waals surface area contributed by atoms with Gasteiger partial charge in [-0.15, -0.1) is 0 Å². The van der Waals surface area contributed by atoms with Gasteiger partial charge in [0.15, 0.2) is 10.9 Å². The SMILES string of the molecule is Cc1cc(C(=O)O)nc(SC2COC2)n1. The fourth-order valence-electron chi connectivity index (χ4n) is 1.13. The van der Waals surface area contributed by atoms with Gasteiger partial charge < -0.3 is 9.84 Å². The number of thioether (sulfide) groups is 1. The molecule has 0 amide bonds. The Morgan fingerprint density at radius 2 is 2.33 bits per heavy atom. The van der Waals surface area contributed by atoms with Crippen molar-refractivity contribution in [3.8, 4) is 0 Å². The quantitative estimate of drug-likeness (QED) is 0.774. The van der Waals surface area contributed by atoms with Crippen molar-refractivity contribution in [2.24, 2.45) is 0 Å². The Hall–Kier alpha value is -1.14. The van der Waals surface area contributed by atoms with E-state index in [0.717, 1.165) is 0 Å². The van der Waals surface area contributed by atoms with Crippen LogP contribution in [0.25, 0.3) is 0 Å². The molecular weight excluding hydrogens is 216 g/mol. The maximum Gasteiger partial charge on any atom is 0.354 e. The summed E-state index contributed by atoms with van der Waals surface area (Å²) < 4.78 is 5.02. The Bertz CT molecular complexity index is 393. The van der Waals surface area contributed by atoms with Gasteiger partial charge in [-0.2, -0.15) is 0 Å². The predicted molar refractivity (Wildman–Crippen MR) is 54.2 cm³/mol. The first kappa shape index (κ1) is 10.4. The summed E-state index contributed by atoms with van der Waals surface area (Å²) in [6, 6.07) is 1.46. The largest absolute Gasteiger partial charge is 0.477 e. The summed E-state index contributed by atoms with van der Waals surface area (Å²) in [5.41, 5.74) is 0.718. The Kier molecular flexibility index (Phi) is 2.88. The fourth-order valence-corrected chi connectivity index (χ4v) is 2.11. The van der Waals surface area contributed by atoms with Crippen LogP contribution in [-0.2, 0) is 4.74 Å². The number of carboxylic acids is 1. The van der Waals surface area contributed by atoms with Crippen LogP contribution in [0.1, 0.15) is 16.2 Å². The molecule has 80 valence electrons. The third-order valence-corrected chi connectivity index (χ3v) is 2.93. The monoisotopic (exact) mass is 226 g/mol. The molecule has 15 heavy (non-hydrogen) atoms.